The summed E-state index contributed by atoms with van der Waals surface area (Å²) in [7, 11) is -3.24. The summed E-state index contributed by atoms with van der Waals surface area (Å²) in [6.07, 6.45) is 2.66. The van der Waals surface area contributed by atoms with Gasteiger partial charge in [0, 0.05) is 39.3 Å². The van der Waals surface area contributed by atoms with Gasteiger partial charge in [0.2, 0.25) is 15.9 Å². The molecule has 8 heteroatoms. The number of hydrogen-bond donors (Lipinski definition) is 1. The van der Waals surface area contributed by atoms with E-state index in [2.05, 4.69) is 22.3 Å². The predicted molar refractivity (Wildman–Crippen MR) is 104 cm³/mol. The third-order valence-electron chi connectivity index (χ3n) is 5.22. The smallest absolute Gasteiger partial charge is 0.224 e. The van der Waals surface area contributed by atoms with Crippen LogP contribution in [0.2, 0.25) is 0 Å². The zero-order valence-electron chi connectivity index (χ0n) is 15.9. The van der Waals surface area contributed by atoms with Crippen molar-refractivity contribution in [3.05, 3.63) is 35.4 Å². The summed E-state index contributed by atoms with van der Waals surface area (Å²) in [5, 5.41) is 2.95. The molecule has 150 valence electrons. The number of rotatable bonds is 6. The summed E-state index contributed by atoms with van der Waals surface area (Å²) in [6, 6.07) is 8.28. The first-order chi connectivity index (χ1) is 12.9. The van der Waals surface area contributed by atoms with E-state index < -0.39 is 10.0 Å². The average Bonchev–Trinajstić information content (AvgIpc) is 2.67. The van der Waals surface area contributed by atoms with E-state index in [1.807, 2.05) is 12.1 Å². The van der Waals surface area contributed by atoms with Gasteiger partial charge in [-0.15, -0.1) is 0 Å². The van der Waals surface area contributed by atoms with Gasteiger partial charge in [-0.3, -0.25) is 9.69 Å². The van der Waals surface area contributed by atoms with Crippen LogP contribution in [0.1, 0.15) is 24.0 Å². The van der Waals surface area contributed by atoms with Gasteiger partial charge < -0.3 is 10.1 Å². The molecule has 7 nitrogen and oxygen atoms in total. The maximum absolute atomic E-state index is 12.4. The molecule has 0 radical (unpaired) electrons. The molecule has 1 aromatic carbocycles. The van der Waals surface area contributed by atoms with Crippen LogP contribution in [0.4, 0.5) is 0 Å². The lowest BCUT2D eigenvalue weighted by Crippen LogP contribution is -2.44. The maximum atomic E-state index is 12.4. The Morgan fingerprint density at radius 2 is 1.81 bits per heavy atom. The molecule has 0 spiro atoms. The van der Waals surface area contributed by atoms with Crippen LogP contribution in [0.25, 0.3) is 0 Å². The number of carbonyl (C=O) groups excluding carboxylic acids is 1. The zero-order chi connectivity index (χ0) is 19.3. The lowest BCUT2D eigenvalue weighted by molar-refractivity contribution is -0.126. The molecule has 3 rings (SSSR count). The van der Waals surface area contributed by atoms with E-state index >= 15 is 0 Å². The molecule has 0 aromatic heterocycles. The number of piperidine rings is 1. The second-order valence-electron chi connectivity index (χ2n) is 7.38. The fourth-order valence-electron chi connectivity index (χ4n) is 3.57. The number of hydrogen-bond acceptors (Lipinski definition) is 5. The van der Waals surface area contributed by atoms with Crippen molar-refractivity contribution in [1.82, 2.24) is 14.5 Å². The summed E-state index contributed by atoms with van der Waals surface area (Å²) < 4.78 is 30.2. The molecule has 27 heavy (non-hydrogen) atoms. The Morgan fingerprint density at radius 3 is 2.48 bits per heavy atom. The zero-order valence-corrected chi connectivity index (χ0v) is 16.7. The number of amides is 1. The first-order valence-electron chi connectivity index (χ1n) is 9.52. The highest BCUT2D eigenvalue weighted by molar-refractivity contribution is 7.88. The molecule has 1 aromatic rings. The van der Waals surface area contributed by atoms with Gasteiger partial charge in [0.1, 0.15) is 0 Å². The molecule has 0 aliphatic carbocycles. The minimum atomic E-state index is -3.24. The van der Waals surface area contributed by atoms with Crippen LogP contribution in [-0.4, -0.2) is 69.2 Å². The molecular formula is C19H29N3O4S. The summed E-state index contributed by atoms with van der Waals surface area (Å²) >= 11 is 0. The van der Waals surface area contributed by atoms with E-state index in [9.17, 15) is 13.2 Å². The molecule has 1 atom stereocenters. The molecular weight excluding hydrogens is 366 g/mol. The lowest BCUT2D eigenvalue weighted by Gasteiger charge is -2.30. The Balaban J connectivity index is 1.47. The minimum absolute atomic E-state index is 0.0688. The third kappa shape index (κ3) is 6.00. The molecule has 2 aliphatic rings. The highest BCUT2D eigenvalue weighted by atomic mass is 32.2. The largest absolute Gasteiger partial charge is 0.379 e. The fraction of sp³-hybridized carbons (Fsp3) is 0.632. The Kier molecular flexibility index (Phi) is 6.86. The fourth-order valence-corrected chi connectivity index (χ4v) is 4.48. The van der Waals surface area contributed by atoms with Crippen LogP contribution in [0.3, 0.4) is 0 Å². The Bertz CT molecular complexity index is 730. The molecule has 0 unspecified atom stereocenters. The molecule has 1 N–H and O–H groups in total. The van der Waals surface area contributed by atoms with Gasteiger partial charge in [-0.2, -0.15) is 0 Å². The second-order valence-corrected chi connectivity index (χ2v) is 9.37. The number of nitrogens with one attached hydrogen (secondary N) is 1. The Labute approximate surface area is 161 Å². The topological polar surface area (TPSA) is 79.0 Å². The van der Waals surface area contributed by atoms with Gasteiger partial charge in [0.05, 0.1) is 25.4 Å². The highest BCUT2D eigenvalue weighted by Crippen LogP contribution is 2.19. The van der Waals surface area contributed by atoms with Crippen LogP contribution in [0, 0.1) is 5.92 Å². The summed E-state index contributed by atoms with van der Waals surface area (Å²) in [5.41, 5.74) is 2.30. The number of benzene rings is 1. The van der Waals surface area contributed by atoms with Gasteiger partial charge in [-0.25, -0.2) is 12.7 Å². The Hall–Kier alpha value is -1.48. The second kappa shape index (κ2) is 9.14. The molecule has 2 fully saturated rings. The Morgan fingerprint density at radius 1 is 1.15 bits per heavy atom. The maximum Gasteiger partial charge on any atom is 0.224 e. The summed E-state index contributed by atoms with van der Waals surface area (Å²) in [6.45, 7) is 5.68. The number of ether oxygens (including phenoxy) is 1. The van der Waals surface area contributed by atoms with Crippen LogP contribution >= 0.6 is 0 Å². The quantitative estimate of drug-likeness (QED) is 0.771. The van der Waals surface area contributed by atoms with E-state index in [0.717, 1.165) is 51.3 Å². The van der Waals surface area contributed by atoms with E-state index in [-0.39, 0.29) is 18.4 Å². The van der Waals surface area contributed by atoms with Crippen LogP contribution in [0.15, 0.2) is 24.3 Å². The van der Waals surface area contributed by atoms with E-state index in [1.54, 1.807) is 0 Å². The number of carbonyl (C=O) groups is 1. The average molecular weight is 396 g/mol. The molecule has 2 saturated heterocycles. The minimum Gasteiger partial charge on any atom is -0.379 e. The van der Waals surface area contributed by atoms with Crippen molar-refractivity contribution in [2.75, 3.05) is 45.6 Å². The SMILES string of the molecule is CS(=O)(=O)N1CCC[C@@H](C(=O)NCc2ccc(CN3CCOCC3)cc2)C1. The van der Waals surface area contributed by atoms with Crippen LogP contribution < -0.4 is 5.32 Å². The first-order valence-corrected chi connectivity index (χ1v) is 11.4. The number of sulfonamides is 1. The lowest BCUT2D eigenvalue weighted by atomic mass is 9.98. The molecule has 1 amide bonds. The molecule has 2 aliphatic heterocycles. The number of nitrogens with zero attached hydrogens (tertiary/aromatic N) is 2. The van der Waals surface area contributed by atoms with Crippen molar-refractivity contribution in [2.24, 2.45) is 5.92 Å². The van der Waals surface area contributed by atoms with E-state index in [4.69, 9.17) is 4.74 Å². The monoisotopic (exact) mass is 395 g/mol. The van der Waals surface area contributed by atoms with Gasteiger partial charge in [-0.1, -0.05) is 24.3 Å². The number of morpholine rings is 1. The van der Waals surface area contributed by atoms with Crippen molar-refractivity contribution < 1.29 is 17.9 Å². The van der Waals surface area contributed by atoms with E-state index in [0.29, 0.717) is 13.1 Å². The van der Waals surface area contributed by atoms with Gasteiger partial charge in [0.15, 0.2) is 0 Å². The normalized spacial score (nSPS) is 22.5. The van der Waals surface area contributed by atoms with Crippen molar-refractivity contribution in [3.8, 4) is 0 Å². The predicted octanol–water partition coefficient (Wildman–Crippen LogP) is 0.807. The standard InChI is InChI=1S/C19H29N3O4S/c1-27(24,25)22-8-2-3-18(15-22)19(23)20-13-16-4-6-17(7-5-16)14-21-9-11-26-12-10-21/h4-7,18H,2-3,8-15H2,1H3,(H,20,23)/t18-/m1/s1. The summed E-state index contributed by atoms with van der Waals surface area (Å²) in [4.78, 5) is 14.8. The van der Waals surface area contributed by atoms with Gasteiger partial charge in [0.25, 0.3) is 0 Å². The van der Waals surface area contributed by atoms with Gasteiger partial charge >= 0.3 is 0 Å². The van der Waals surface area contributed by atoms with Crippen LogP contribution in [0.5, 0.6) is 0 Å². The molecule has 2 heterocycles. The van der Waals surface area contributed by atoms with Crippen LogP contribution in [-0.2, 0) is 32.6 Å². The van der Waals surface area contributed by atoms with Crippen molar-refractivity contribution >= 4 is 15.9 Å². The van der Waals surface area contributed by atoms with Crippen molar-refractivity contribution in [2.45, 2.75) is 25.9 Å². The summed E-state index contributed by atoms with van der Waals surface area (Å²) in [5.74, 6) is -0.338. The van der Waals surface area contributed by atoms with Gasteiger partial charge in [-0.05, 0) is 24.0 Å². The van der Waals surface area contributed by atoms with Crippen molar-refractivity contribution in [3.63, 3.8) is 0 Å². The highest BCUT2D eigenvalue weighted by Gasteiger charge is 2.29. The molecule has 0 bridgehead atoms. The third-order valence-corrected chi connectivity index (χ3v) is 6.49. The van der Waals surface area contributed by atoms with Crippen molar-refractivity contribution in [1.29, 1.82) is 0 Å². The molecule has 0 saturated carbocycles. The first kappa shape index (κ1) is 20.3. The van der Waals surface area contributed by atoms with E-state index in [1.165, 1.54) is 16.1 Å².